The molecule has 2 aromatic carbocycles. The van der Waals surface area contributed by atoms with E-state index in [2.05, 4.69) is 10.6 Å². The molecule has 1 amide bonds. The zero-order valence-electron chi connectivity index (χ0n) is 16.1. The van der Waals surface area contributed by atoms with Crippen LogP contribution in [0.5, 0.6) is 5.75 Å². The largest absolute Gasteiger partial charge is 0.482 e. The predicted octanol–water partition coefficient (Wildman–Crippen LogP) is 3.66. The molecule has 0 saturated carbocycles. The summed E-state index contributed by atoms with van der Waals surface area (Å²) in [5, 5.41) is 6.02. The lowest BCUT2D eigenvalue weighted by atomic mass is 10.1. The highest BCUT2D eigenvalue weighted by Crippen LogP contribution is 2.19. The zero-order chi connectivity index (χ0) is 19.9. The van der Waals surface area contributed by atoms with E-state index < -0.39 is 12.1 Å². The molecule has 6 nitrogen and oxygen atoms in total. The van der Waals surface area contributed by atoms with Crippen molar-refractivity contribution in [2.45, 2.75) is 39.3 Å². The summed E-state index contributed by atoms with van der Waals surface area (Å²) in [6.45, 7) is 6.85. The van der Waals surface area contributed by atoms with Crippen LogP contribution in [0.3, 0.4) is 0 Å². The monoisotopic (exact) mass is 370 g/mol. The summed E-state index contributed by atoms with van der Waals surface area (Å²) in [7, 11) is 0. The fraction of sp³-hybridized carbons (Fsp3) is 0.333. The van der Waals surface area contributed by atoms with Gasteiger partial charge in [0.2, 0.25) is 0 Å². The molecule has 0 saturated heterocycles. The van der Waals surface area contributed by atoms with Gasteiger partial charge in [-0.3, -0.25) is 4.79 Å². The van der Waals surface area contributed by atoms with Crippen LogP contribution in [0.15, 0.2) is 54.6 Å². The lowest BCUT2D eigenvalue weighted by molar-refractivity contribution is -0.157. The molecule has 0 unspecified atom stereocenters. The van der Waals surface area contributed by atoms with E-state index in [0.29, 0.717) is 5.75 Å². The summed E-state index contributed by atoms with van der Waals surface area (Å²) in [6, 6.07) is 17.0. The summed E-state index contributed by atoms with van der Waals surface area (Å²) in [6.07, 6.45) is -0.877. The topological polar surface area (TPSA) is 76.7 Å². The van der Waals surface area contributed by atoms with Crippen LogP contribution in [-0.4, -0.2) is 30.1 Å². The molecule has 0 aliphatic rings. The molecule has 0 bridgehead atoms. The minimum absolute atomic E-state index is 0.265. The molecule has 2 aromatic rings. The second-order valence-corrected chi connectivity index (χ2v) is 7.18. The van der Waals surface area contributed by atoms with Gasteiger partial charge in [0.05, 0.1) is 0 Å². The van der Waals surface area contributed by atoms with Crippen molar-refractivity contribution in [2.75, 3.05) is 11.9 Å². The standard InChI is InChI=1S/C21H26N2O4/c1-15(20(25)23-21(2,3)4)27-19(24)14-26-18-12-10-17(11-13-18)22-16-8-6-5-7-9-16/h5-13,15,22H,14H2,1-4H3,(H,23,25)/t15-/m0/s1. The van der Waals surface area contributed by atoms with Crippen molar-refractivity contribution in [1.29, 1.82) is 0 Å². The average Bonchev–Trinajstić information content (AvgIpc) is 2.60. The van der Waals surface area contributed by atoms with Crippen LogP contribution in [-0.2, 0) is 14.3 Å². The second-order valence-electron chi connectivity index (χ2n) is 7.18. The molecule has 0 radical (unpaired) electrons. The number of ether oxygens (including phenoxy) is 2. The molecule has 0 heterocycles. The Bertz CT molecular complexity index is 752. The minimum Gasteiger partial charge on any atom is -0.482 e. The summed E-state index contributed by atoms with van der Waals surface area (Å²) in [4.78, 5) is 23.8. The quantitative estimate of drug-likeness (QED) is 0.728. The number of hydrogen-bond donors (Lipinski definition) is 2. The van der Waals surface area contributed by atoms with Gasteiger partial charge in [-0.2, -0.15) is 0 Å². The van der Waals surface area contributed by atoms with Crippen LogP contribution in [0, 0.1) is 0 Å². The Hall–Kier alpha value is -3.02. The fourth-order valence-corrected chi connectivity index (χ4v) is 2.22. The summed E-state index contributed by atoms with van der Waals surface area (Å²) in [5.41, 5.74) is 1.50. The first-order chi connectivity index (χ1) is 12.7. The van der Waals surface area contributed by atoms with Gasteiger partial charge < -0.3 is 20.1 Å². The van der Waals surface area contributed by atoms with Crippen molar-refractivity contribution >= 4 is 23.3 Å². The van der Waals surface area contributed by atoms with E-state index in [1.54, 1.807) is 12.1 Å². The maximum Gasteiger partial charge on any atom is 0.344 e. The summed E-state index contributed by atoms with van der Waals surface area (Å²) in [5.74, 6) is -0.400. The number of nitrogens with one attached hydrogen (secondary N) is 2. The van der Waals surface area contributed by atoms with Crippen LogP contribution < -0.4 is 15.4 Å². The van der Waals surface area contributed by atoms with E-state index in [1.165, 1.54) is 6.92 Å². The molecule has 27 heavy (non-hydrogen) atoms. The Balaban J connectivity index is 1.78. The third kappa shape index (κ3) is 7.40. The van der Waals surface area contributed by atoms with E-state index in [-0.39, 0.29) is 18.1 Å². The molecule has 0 fully saturated rings. The van der Waals surface area contributed by atoms with Gasteiger partial charge in [-0.1, -0.05) is 18.2 Å². The highest BCUT2D eigenvalue weighted by atomic mass is 16.6. The number of benzene rings is 2. The summed E-state index contributed by atoms with van der Waals surface area (Å²) < 4.78 is 10.5. The van der Waals surface area contributed by atoms with Gasteiger partial charge in [0.25, 0.3) is 5.91 Å². The number of amides is 1. The second kappa shape index (κ2) is 9.07. The first-order valence-electron chi connectivity index (χ1n) is 8.79. The Morgan fingerprint density at radius 1 is 0.963 bits per heavy atom. The Labute approximate surface area is 159 Å². The van der Waals surface area contributed by atoms with Crippen LogP contribution in [0.1, 0.15) is 27.7 Å². The molecule has 0 aliphatic carbocycles. The van der Waals surface area contributed by atoms with E-state index >= 15 is 0 Å². The van der Waals surface area contributed by atoms with Crippen LogP contribution in [0.4, 0.5) is 11.4 Å². The van der Waals surface area contributed by atoms with Gasteiger partial charge in [0.1, 0.15) is 5.75 Å². The predicted molar refractivity (Wildman–Crippen MR) is 105 cm³/mol. The smallest absolute Gasteiger partial charge is 0.344 e. The number of hydrogen-bond acceptors (Lipinski definition) is 5. The molecule has 0 aliphatic heterocycles. The normalized spacial score (nSPS) is 12.0. The molecule has 0 aromatic heterocycles. The van der Waals surface area contributed by atoms with Crippen molar-refractivity contribution in [3.63, 3.8) is 0 Å². The van der Waals surface area contributed by atoms with Gasteiger partial charge >= 0.3 is 5.97 Å². The molecular weight excluding hydrogens is 344 g/mol. The number of rotatable bonds is 7. The number of anilines is 2. The highest BCUT2D eigenvalue weighted by molar-refractivity contribution is 5.84. The molecule has 0 spiro atoms. The van der Waals surface area contributed by atoms with E-state index in [4.69, 9.17) is 9.47 Å². The van der Waals surface area contributed by atoms with Crippen molar-refractivity contribution in [3.05, 3.63) is 54.6 Å². The number of para-hydroxylation sites is 1. The van der Waals surface area contributed by atoms with Gasteiger partial charge in [-0.05, 0) is 64.1 Å². The maximum absolute atomic E-state index is 11.9. The van der Waals surface area contributed by atoms with E-state index in [9.17, 15) is 9.59 Å². The minimum atomic E-state index is -0.877. The first-order valence-corrected chi connectivity index (χ1v) is 8.79. The number of carbonyl (C=O) groups excluding carboxylic acids is 2. The molecule has 144 valence electrons. The molecule has 2 rings (SSSR count). The van der Waals surface area contributed by atoms with Crippen LogP contribution >= 0.6 is 0 Å². The zero-order valence-corrected chi connectivity index (χ0v) is 16.1. The van der Waals surface area contributed by atoms with Crippen molar-refractivity contribution in [3.8, 4) is 5.75 Å². The van der Waals surface area contributed by atoms with Gasteiger partial charge in [-0.15, -0.1) is 0 Å². The van der Waals surface area contributed by atoms with Crippen LogP contribution in [0.25, 0.3) is 0 Å². The van der Waals surface area contributed by atoms with E-state index in [0.717, 1.165) is 11.4 Å². The maximum atomic E-state index is 11.9. The third-order valence-electron chi connectivity index (χ3n) is 3.45. The Morgan fingerprint density at radius 2 is 1.56 bits per heavy atom. The van der Waals surface area contributed by atoms with Gasteiger partial charge in [0.15, 0.2) is 12.7 Å². The first kappa shape index (κ1) is 20.3. The average molecular weight is 370 g/mol. The Morgan fingerprint density at radius 3 is 2.15 bits per heavy atom. The number of esters is 1. The highest BCUT2D eigenvalue weighted by Gasteiger charge is 2.22. The summed E-state index contributed by atoms with van der Waals surface area (Å²) >= 11 is 0. The van der Waals surface area contributed by atoms with E-state index in [1.807, 2.05) is 63.2 Å². The SMILES string of the molecule is C[C@H](OC(=O)COc1ccc(Nc2ccccc2)cc1)C(=O)NC(C)(C)C. The fourth-order valence-electron chi connectivity index (χ4n) is 2.22. The van der Waals surface area contributed by atoms with Crippen molar-refractivity contribution in [1.82, 2.24) is 5.32 Å². The third-order valence-corrected chi connectivity index (χ3v) is 3.45. The Kier molecular flexibility index (Phi) is 6.82. The van der Waals surface area contributed by atoms with Crippen molar-refractivity contribution < 1.29 is 19.1 Å². The molecule has 2 N–H and O–H groups in total. The molecular formula is C21H26N2O4. The van der Waals surface area contributed by atoms with Gasteiger partial charge in [0, 0.05) is 16.9 Å². The van der Waals surface area contributed by atoms with Crippen molar-refractivity contribution in [2.24, 2.45) is 0 Å². The van der Waals surface area contributed by atoms with Gasteiger partial charge in [-0.25, -0.2) is 4.79 Å². The molecule has 1 atom stereocenters. The number of carbonyl (C=O) groups is 2. The lowest BCUT2D eigenvalue weighted by Crippen LogP contribution is -2.46. The molecule has 6 heteroatoms. The lowest BCUT2D eigenvalue weighted by Gasteiger charge is -2.23. The van der Waals surface area contributed by atoms with Crippen LogP contribution in [0.2, 0.25) is 0 Å².